The molecule has 0 atom stereocenters. The molecule has 10 heteroatoms. The molecule has 9 nitrogen and oxygen atoms in total. The van der Waals surface area contributed by atoms with Gasteiger partial charge in [-0.2, -0.15) is 0 Å². The molecule has 0 fully saturated rings. The first-order chi connectivity index (χ1) is 15.9. The largest absolute Gasteiger partial charge is 0.454 e. The molecule has 1 aromatic heterocycles. The van der Waals surface area contributed by atoms with Gasteiger partial charge >= 0.3 is 0 Å². The number of fused-ring (bicyclic) bond motifs is 2. The van der Waals surface area contributed by atoms with Crippen molar-refractivity contribution >= 4 is 32.7 Å². The fraction of sp³-hybridized carbons (Fsp3) is 0.130. The van der Waals surface area contributed by atoms with Crippen molar-refractivity contribution in [3.05, 3.63) is 77.7 Å². The van der Waals surface area contributed by atoms with Crippen molar-refractivity contribution in [2.75, 3.05) is 12.1 Å². The molecule has 0 bridgehead atoms. The molecule has 1 aliphatic heterocycles. The summed E-state index contributed by atoms with van der Waals surface area (Å²) in [4.78, 5) is 17.0. The van der Waals surface area contributed by atoms with Crippen LogP contribution in [0, 0.1) is 6.92 Å². The Morgan fingerprint density at radius 2 is 1.88 bits per heavy atom. The van der Waals surface area contributed by atoms with Gasteiger partial charge in [0.25, 0.3) is 5.91 Å². The van der Waals surface area contributed by atoms with Gasteiger partial charge in [0.2, 0.25) is 16.8 Å². The van der Waals surface area contributed by atoms with E-state index < -0.39 is 15.9 Å². The minimum Gasteiger partial charge on any atom is -0.454 e. The van der Waals surface area contributed by atoms with Crippen LogP contribution in [-0.4, -0.2) is 26.1 Å². The summed E-state index contributed by atoms with van der Waals surface area (Å²) in [5.74, 6) is 1.28. The molecular formula is C23H19N3O6S. The van der Waals surface area contributed by atoms with Crippen LogP contribution in [0.15, 0.2) is 70.0 Å². The second kappa shape index (κ2) is 8.23. The molecule has 3 aromatic carbocycles. The lowest BCUT2D eigenvalue weighted by Gasteiger charge is -2.10. The highest BCUT2D eigenvalue weighted by Gasteiger charge is 2.18. The number of oxazole rings is 1. The molecule has 5 rings (SSSR count). The lowest BCUT2D eigenvalue weighted by molar-refractivity contribution is 0.102. The average Bonchev–Trinajstić information content (AvgIpc) is 3.42. The van der Waals surface area contributed by atoms with Crippen LogP contribution in [0.3, 0.4) is 0 Å². The van der Waals surface area contributed by atoms with E-state index >= 15 is 0 Å². The monoisotopic (exact) mass is 465 g/mol. The van der Waals surface area contributed by atoms with Crippen molar-refractivity contribution in [2.24, 2.45) is 0 Å². The van der Waals surface area contributed by atoms with Crippen molar-refractivity contribution in [1.82, 2.24) is 9.71 Å². The predicted octanol–water partition coefficient (Wildman–Crippen LogP) is 3.60. The highest BCUT2D eigenvalue weighted by molar-refractivity contribution is 7.89. The Morgan fingerprint density at radius 1 is 1.03 bits per heavy atom. The number of hydrogen-bond acceptors (Lipinski definition) is 7. The Kier molecular flexibility index (Phi) is 5.23. The fourth-order valence-corrected chi connectivity index (χ4v) is 4.50. The summed E-state index contributed by atoms with van der Waals surface area (Å²) < 4.78 is 44.2. The van der Waals surface area contributed by atoms with Gasteiger partial charge in [-0.3, -0.25) is 4.79 Å². The molecule has 2 heterocycles. The third-order valence-electron chi connectivity index (χ3n) is 5.06. The number of carbonyl (C=O) groups is 1. The highest BCUT2D eigenvalue weighted by Crippen LogP contribution is 2.32. The Bertz CT molecular complexity index is 1480. The zero-order valence-electron chi connectivity index (χ0n) is 17.5. The van der Waals surface area contributed by atoms with Crippen molar-refractivity contribution in [1.29, 1.82) is 0 Å². The quantitative estimate of drug-likeness (QED) is 0.446. The number of benzene rings is 3. The SMILES string of the molecule is Cc1nc2cc(NC(=O)c3cccc(S(=O)(=O)NCc4ccc5c(c4)OCO5)c3)ccc2o1. The summed E-state index contributed by atoms with van der Waals surface area (Å²) in [5.41, 5.74) is 2.68. The summed E-state index contributed by atoms with van der Waals surface area (Å²) in [6.07, 6.45) is 0. The summed E-state index contributed by atoms with van der Waals surface area (Å²) in [6.45, 7) is 1.95. The zero-order valence-corrected chi connectivity index (χ0v) is 18.3. The number of amides is 1. The van der Waals surface area contributed by atoms with Crippen LogP contribution in [0.25, 0.3) is 11.1 Å². The maximum absolute atomic E-state index is 12.8. The number of rotatable bonds is 6. The zero-order chi connectivity index (χ0) is 23.0. The van der Waals surface area contributed by atoms with Gasteiger partial charge in [0.1, 0.15) is 5.52 Å². The van der Waals surface area contributed by atoms with Gasteiger partial charge in [-0.15, -0.1) is 0 Å². The molecule has 0 unspecified atom stereocenters. The van der Waals surface area contributed by atoms with Crippen molar-refractivity contribution in [3.63, 3.8) is 0 Å². The van der Waals surface area contributed by atoms with Crippen molar-refractivity contribution < 1.29 is 27.1 Å². The van der Waals surface area contributed by atoms with E-state index in [1.165, 1.54) is 18.2 Å². The van der Waals surface area contributed by atoms with Gasteiger partial charge in [0.05, 0.1) is 4.90 Å². The molecule has 4 aromatic rings. The second-order valence-corrected chi connectivity index (χ2v) is 9.18. The van der Waals surface area contributed by atoms with Gasteiger partial charge < -0.3 is 19.2 Å². The van der Waals surface area contributed by atoms with Crippen molar-refractivity contribution in [3.8, 4) is 11.5 Å². The van der Waals surface area contributed by atoms with Crippen LogP contribution in [0.5, 0.6) is 11.5 Å². The normalized spacial score (nSPS) is 12.8. The number of sulfonamides is 1. The van der Waals surface area contributed by atoms with E-state index in [-0.39, 0.29) is 23.8 Å². The number of nitrogens with zero attached hydrogens (tertiary/aromatic N) is 1. The van der Waals surface area contributed by atoms with E-state index in [4.69, 9.17) is 13.9 Å². The number of hydrogen-bond donors (Lipinski definition) is 2. The maximum Gasteiger partial charge on any atom is 0.255 e. The van der Waals surface area contributed by atoms with Crippen LogP contribution >= 0.6 is 0 Å². The molecule has 0 saturated heterocycles. The van der Waals surface area contributed by atoms with E-state index in [1.54, 1.807) is 49.4 Å². The van der Waals surface area contributed by atoms with E-state index in [0.29, 0.717) is 34.2 Å². The Hall–Kier alpha value is -3.89. The molecule has 0 aliphatic carbocycles. The van der Waals surface area contributed by atoms with E-state index in [0.717, 1.165) is 5.56 Å². The molecule has 1 amide bonds. The summed E-state index contributed by atoms with van der Waals surface area (Å²) in [7, 11) is -3.85. The molecule has 33 heavy (non-hydrogen) atoms. The average molecular weight is 465 g/mol. The minimum absolute atomic E-state index is 0.0153. The van der Waals surface area contributed by atoms with Crippen molar-refractivity contribution in [2.45, 2.75) is 18.4 Å². The number of ether oxygens (including phenoxy) is 2. The predicted molar refractivity (Wildman–Crippen MR) is 120 cm³/mol. The van der Waals surface area contributed by atoms with Gasteiger partial charge in [0, 0.05) is 24.7 Å². The third-order valence-corrected chi connectivity index (χ3v) is 6.46. The third kappa shape index (κ3) is 4.38. The standard InChI is InChI=1S/C23H19N3O6S/c1-14-25-19-11-17(6-8-20(19)32-14)26-23(27)16-3-2-4-18(10-16)33(28,29)24-12-15-5-7-21-22(9-15)31-13-30-21/h2-11,24H,12-13H2,1H3,(H,26,27). The number of aryl methyl sites for hydroxylation is 1. The summed E-state index contributed by atoms with van der Waals surface area (Å²) in [6, 6.07) is 16.1. The number of nitrogens with one attached hydrogen (secondary N) is 2. The number of anilines is 1. The van der Waals surface area contributed by atoms with Crippen LogP contribution < -0.4 is 19.5 Å². The first-order valence-electron chi connectivity index (χ1n) is 10.0. The summed E-state index contributed by atoms with van der Waals surface area (Å²) in [5, 5.41) is 2.76. The smallest absolute Gasteiger partial charge is 0.255 e. The Labute approximate surface area is 189 Å². The Morgan fingerprint density at radius 3 is 2.76 bits per heavy atom. The first kappa shape index (κ1) is 21.0. The van der Waals surface area contributed by atoms with E-state index in [2.05, 4.69) is 15.0 Å². The lowest BCUT2D eigenvalue weighted by atomic mass is 10.2. The molecule has 0 spiro atoms. The minimum atomic E-state index is -3.85. The molecular weight excluding hydrogens is 446 g/mol. The van der Waals surface area contributed by atoms with Gasteiger partial charge in [0.15, 0.2) is 23.0 Å². The van der Waals surface area contributed by atoms with Gasteiger partial charge in [-0.1, -0.05) is 12.1 Å². The topological polar surface area (TPSA) is 120 Å². The molecule has 168 valence electrons. The first-order valence-corrected chi connectivity index (χ1v) is 11.5. The van der Waals surface area contributed by atoms with E-state index in [9.17, 15) is 13.2 Å². The lowest BCUT2D eigenvalue weighted by Crippen LogP contribution is -2.23. The Balaban J connectivity index is 1.30. The molecule has 0 radical (unpaired) electrons. The van der Waals surface area contributed by atoms with Crippen LogP contribution in [0.1, 0.15) is 21.8 Å². The molecule has 1 aliphatic rings. The maximum atomic E-state index is 12.8. The molecule has 2 N–H and O–H groups in total. The number of carbonyl (C=O) groups excluding carboxylic acids is 1. The fourth-order valence-electron chi connectivity index (χ4n) is 3.44. The molecule has 0 saturated carbocycles. The van der Waals surface area contributed by atoms with Gasteiger partial charge in [-0.25, -0.2) is 18.1 Å². The summed E-state index contributed by atoms with van der Waals surface area (Å²) >= 11 is 0. The van der Waals surface area contributed by atoms with Crippen LogP contribution in [0.4, 0.5) is 5.69 Å². The van der Waals surface area contributed by atoms with Gasteiger partial charge in [-0.05, 0) is 54.1 Å². The van der Waals surface area contributed by atoms with Crippen LogP contribution in [0.2, 0.25) is 0 Å². The second-order valence-electron chi connectivity index (χ2n) is 7.41. The van der Waals surface area contributed by atoms with Crippen LogP contribution in [-0.2, 0) is 16.6 Å². The van der Waals surface area contributed by atoms with E-state index in [1.807, 2.05) is 0 Å². The highest BCUT2D eigenvalue weighted by atomic mass is 32.2. The number of aromatic nitrogens is 1.